The second-order valence-electron chi connectivity index (χ2n) is 5.90. The van der Waals surface area contributed by atoms with E-state index in [-0.39, 0.29) is 12.1 Å². The SMILES string of the molecule is COc1ccc(OC)c(C2CCCN2C(=O)Nc2cccc(Cl)c2)c1. The molecule has 25 heavy (non-hydrogen) atoms. The third-order valence-corrected chi connectivity index (χ3v) is 4.62. The first kappa shape index (κ1) is 17.4. The van der Waals surface area contributed by atoms with Gasteiger partial charge in [0.1, 0.15) is 11.5 Å². The quantitative estimate of drug-likeness (QED) is 0.857. The minimum atomic E-state index is -0.144. The summed E-state index contributed by atoms with van der Waals surface area (Å²) < 4.78 is 10.8. The fourth-order valence-electron chi connectivity index (χ4n) is 3.19. The molecule has 5 nitrogen and oxygen atoms in total. The van der Waals surface area contributed by atoms with Crippen LogP contribution in [-0.4, -0.2) is 31.7 Å². The smallest absolute Gasteiger partial charge is 0.322 e. The predicted molar refractivity (Wildman–Crippen MR) is 98.7 cm³/mol. The molecular weight excluding hydrogens is 340 g/mol. The number of nitrogens with zero attached hydrogens (tertiary/aromatic N) is 1. The van der Waals surface area contributed by atoms with Crippen molar-refractivity contribution in [1.29, 1.82) is 0 Å². The van der Waals surface area contributed by atoms with Crippen LogP contribution in [0, 0.1) is 0 Å². The number of carbonyl (C=O) groups excluding carboxylic acids is 1. The van der Waals surface area contributed by atoms with Crippen LogP contribution in [0.3, 0.4) is 0 Å². The maximum absolute atomic E-state index is 12.8. The Morgan fingerprint density at radius 1 is 1.20 bits per heavy atom. The zero-order chi connectivity index (χ0) is 17.8. The van der Waals surface area contributed by atoms with Crippen molar-refractivity contribution in [3.8, 4) is 11.5 Å². The number of amides is 2. The van der Waals surface area contributed by atoms with Crippen molar-refractivity contribution in [2.24, 2.45) is 0 Å². The van der Waals surface area contributed by atoms with E-state index in [0.29, 0.717) is 17.3 Å². The first-order chi connectivity index (χ1) is 12.1. The van der Waals surface area contributed by atoms with E-state index in [0.717, 1.165) is 29.9 Å². The molecule has 1 heterocycles. The summed E-state index contributed by atoms with van der Waals surface area (Å²) >= 11 is 5.99. The Bertz CT molecular complexity index is 766. The number of halogens is 1. The molecule has 0 spiro atoms. The number of urea groups is 1. The van der Waals surface area contributed by atoms with Gasteiger partial charge in [0.2, 0.25) is 0 Å². The first-order valence-corrected chi connectivity index (χ1v) is 8.55. The van der Waals surface area contributed by atoms with E-state index in [4.69, 9.17) is 21.1 Å². The minimum absolute atomic E-state index is 0.0516. The van der Waals surface area contributed by atoms with Gasteiger partial charge < -0.3 is 19.7 Å². The Morgan fingerprint density at radius 2 is 2.04 bits per heavy atom. The molecule has 1 aliphatic rings. The molecule has 0 aromatic heterocycles. The van der Waals surface area contributed by atoms with Crippen molar-refractivity contribution in [3.05, 3.63) is 53.1 Å². The molecule has 0 radical (unpaired) electrons. The van der Waals surface area contributed by atoms with Crippen molar-refractivity contribution in [3.63, 3.8) is 0 Å². The second-order valence-corrected chi connectivity index (χ2v) is 6.34. The van der Waals surface area contributed by atoms with Gasteiger partial charge in [0.15, 0.2) is 0 Å². The Kier molecular flexibility index (Phi) is 5.34. The average molecular weight is 361 g/mol. The lowest BCUT2D eigenvalue weighted by molar-refractivity contribution is 0.206. The molecule has 2 aromatic carbocycles. The molecule has 132 valence electrons. The fraction of sp³-hybridized carbons (Fsp3) is 0.316. The maximum atomic E-state index is 12.8. The fourth-order valence-corrected chi connectivity index (χ4v) is 3.38. The van der Waals surface area contributed by atoms with Gasteiger partial charge in [-0.1, -0.05) is 17.7 Å². The Hall–Kier alpha value is -2.40. The molecule has 1 aliphatic heterocycles. The summed E-state index contributed by atoms with van der Waals surface area (Å²) in [5.74, 6) is 1.51. The van der Waals surface area contributed by atoms with Crippen LogP contribution in [0.4, 0.5) is 10.5 Å². The Balaban J connectivity index is 1.84. The molecule has 6 heteroatoms. The van der Waals surface area contributed by atoms with Crippen LogP contribution < -0.4 is 14.8 Å². The van der Waals surface area contributed by atoms with Crippen LogP contribution >= 0.6 is 11.6 Å². The van der Waals surface area contributed by atoms with E-state index in [9.17, 15) is 4.79 Å². The number of hydrogen-bond acceptors (Lipinski definition) is 3. The van der Waals surface area contributed by atoms with Crippen molar-refractivity contribution >= 4 is 23.3 Å². The zero-order valence-corrected chi connectivity index (χ0v) is 15.0. The number of methoxy groups -OCH3 is 2. The van der Waals surface area contributed by atoms with E-state index in [1.54, 1.807) is 26.4 Å². The Morgan fingerprint density at radius 3 is 2.76 bits per heavy atom. The molecule has 2 amide bonds. The van der Waals surface area contributed by atoms with Crippen LogP contribution in [0.2, 0.25) is 5.02 Å². The van der Waals surface area contributed by atoms with Crippen LogP contribution in [-0.2, 0) is 0 Å². The largest absolute Gasteiger partial charge is 0.497 e. The number of benzene rings is 2. The van der Waals surface area contributed by atoms with Gasteiger partial charge in [-0.2, -0.15) is 0 Å². The summed E-state index contributed by atoms with van der Waals surface area (Å²) in [6.45, 7) is 0.692. The van der Waals surface area contributed by atoms with Gasteiger partial charge >= 0.3 is 6.03 Å². The summed E-state index contributed by atoms with van der Waals surface area (Å²) in [6.07, 6.45) is 1.82. The van der Waals surface area contributed by atoms with Crippen molar-refractivity contribution in [1.82, 2.24) is 4.90 Å². The molecule has 1 fully saturated rings. The summed E-state index contributed by atoms with van der Waals surface area (Å²) in [7, 11) is 3.26. The molecule has 0 saturated carbocycles. The van der Waals surface area contributed by atoms with E-state index in [2.05, 4.69) is 5.32 Å². The monoisotopic (exact) mass is 360 g/mol. The van der Waals surface area contributed by atoms with Gasteiger partial charge in [0.25, 0.3) is 0 Å². The van der Waals surface area contributed by atoms with Crippen molar-refractivity contribution < 1.29 is 14.3 Å². The number of nitrogens with one attached hydrogen (secondary N) is 1. The van der Waals surface area contributed by atoms with E-state index >= 15 is 0 Å². The molecule has 0 bridgehead atoms. The van der Waals surface area contributed by atoms with Gasteiger partial charge in [-0.3, -0.25) is 0 Å². The molecular formula is C19H21ClN2O3. The normalized spacial score (nSPS) is 16.6. The number of likely N-dealkylation sites (tertiary alicyclic amines) is 1. The van der Waals surface area contributed by atoms with Crippen LogP contribution in [0.1, 0.15) is 24.4 Å². The van der Waals surface area contributed by atoms with Crippen LogP contribution in [0.25, 0.3) is 0 Å². The Labute approximate surface area is 152 Å². The number of ether oxygens (including phenoxy) is 2. The van der Waals surface area contributed by atoms with E-state index < -0.39 is 0 Å². The minimum Gasteiger partial charge on any atom is -0.497 e. The number of carbonyl (C=O) groups is 1. The number of anilines is 1. The lowest BCUT2D eigenvalue weighted by atomic mass is 10.0. The molecule has 1 unspecified atom stereocenters. The highest BCUT2D eigenvalue weighted by molar-refractivity contribution is 6.30. The summed E-state index contributed by atoms with van der Waals surface area (Å²) in [6, 6.07) is 12.6. The van der Waals surface area contributed by atoms with Crippen LogP contribution in [0.5, 0.6) is 11.5 Å². The standard InChI is InChI=1S/C19H21ClN2O3/c1-24-15-8-9-18(25-2)16(12-15)17-7-4-10-22(17)19(23)21-14-6-3-5-13(20)11-14/h3,5-6,8-9,11-12,17H,4,7,10H2,1-2H3,(H,21,23). The lowest BCUT2D eigenvalue weighted by Crippen LogP contribution is -2.34. The molecule has 2 aromatic rings. The van der Waals surface area contributed by atoms with E-state index in [1.807, 2.05) is 35.2 Å². The summed E-state index contributed by atoms with van der Waals surface area (Å²) in [5.41, 5.74) is 1.64. The van der Waals surface area contributed by atoms with Gasteiger partial charge in [0, 0.05) is 22.8 Å². The van der Waals surface area contributed by atoms with Crippen LogP contribution in [0.15, 0.2) is 42.5 Å². The highest BCUT2D eigenvalue weighted by atomic mass is 35.5. The summed E-state index contributed by atoms with van der Waals surface area (Å²) in [4.78, 5) is 14.6. The maximum Gasteiger partial charge on any atom is 0.322 e. The van der Waals surface area contributed by atoms with Gasteiger partial charge in [0.05, 0.1) is 20.3 Å². The van der Waals surface area contributed by atoms with E-state index in [1.165, 1.54) is 0 Å². The first-order valence-electron chi connectivity index (χ1n) is 8.17. The highest BCUT2D eigenvalue weighted by Crippen LogP contribution is 2.39. The molecule has 1 atom stereocenters. The zero-order valence-electron chi connectivity index (χ0n) is 14.3. The third kappa shape index (κ3) is 3.82. The molecule has 0 aliphatic carbocycles. The highest BCUT2D eigenvalue weighted by Gasteiger charge is 2.32. The average Bonchev–Trinajstić information content (AvgIpc) is 3.11. The topological polar surface area (TPSA) is 50.8 Å². The third-order valence-electron chi connectivity index (χ3n) is 4.39. The second kappa shape index (κ2) is 7.66. The number of rotatable bonds is 4. The van der Waals surface area contributed by atoms with Crippen molar-refractivity contribution in [2.75, 3.05) is 26.1 Å². The predicted octanol–water partition coefficient (Wildman–Crippen LogP) is 4.73. The summed E-state index contributed by atoms with van der Waals surface area (Å²) in [5, 5.41) is 3.51. The number of hydrogen-bond donors (Lipinski definition) is 1. The lowest BCUT2D eigenvalue weighted by Gasteiger charge is -2.27. The molecule has 3 rings (SSSR count). The molecule has 1 saturated heterocycles. The van der Waals surface area contributed by atoms with Gasteiger partial charge in [-0.25, -0.2) is 4.79 Å². The van der Waals surface area contributed by atoms with Crippen molar-refractivity contribution in [2.45, 2.75) is 18.9 Å². The van der Waals surface area contributed by atoms with Gasteiger partial charge in [-0.15, -0.1) is 0 Å². The molecule has 1 N–H and O–H groups in total. The van der Waals surface area contributed by atoms with Gasteiger partial charge in [-0.05, 0) is 49.2 Å².